The lowest BCUT2D eigenvalue weighted by Gasteiger charge is -2.36. The maximum absolute atomic E-state index is 5.57. The molecule has 4 heteroatoms. The second kappa shape index (κ2) is 4.78. The van der Waals surface area contributed by atoms with Crippen molar-refractivity contribution in [2.24, 2.45) is 5.73 Å². The third-order valence-corrected chi connectivity index (χ3v) is 3.37. The molecule has 1 heterocycles. The highest BCUT2D eigenvalue weighted by Gasteiger charge is 2.21. The third-order valence-electron chi connectivity index (χ3n) is 3.16. The van der Waals surface area contributed by atoms with E-state index < -0.39 is 0 Å². The van der Waals surface area contributed by atoms with Crippen LogP contribution in [0.5, 0.6) is 0 Å². The topological polar surface area (TPSA) is 42.2 Å². The molecule has 0 fully saturated rings. The fourth-order valence-corrected chi connectivity index (χ4v) is 1.46. The van der Waals surface area contributed by atoms with E-state index in [0.717, 1.165) is 12.1 Å². The second-order valence-electron chi connectivity index (χ2n) is 4.49. The Balaban J connectivity index is 3.05. The van der Waals surface area contributed by atoms with Gasteiger partial charge < -0.3 is 10.6 Å². The van der Waals surface area contributed by atoms with Crippen LogP contribution < -0.4 is 10.6 Å². The lowest BCUT2D eigenvalue weighted by atomic mass is 9.99. The fourth-order valence-electron chi connectivity index (χ4n) is 1.35. The summed E-state index contributed by atoms with van der Waals surface area (Å²) >= 11 is 4.93. The van der Waals surface area contributed by atoms with Gasteiger partial charge >= 0.3 is 0 Å². The third kappa shape index (κ3) is 2.70. The summed E-state index contributed by atoms with van der Waals surface area (Å²) in [5, 5.41) is 0. The highest BCUT2D eigenvalue weighted by Crippen LogP contribution is 2.24. The minimum atomic E-state index is 0.106. The standard InChI is InChI=1S/C12H19N3S/c1-5-12(2,3)15(4)9-6-7-14-10(8-9)11(13)16/h6-8H,5H2,1-4H3,(H2,13,16). The maximum Gasteiger partial charge on any atom is 0.122 e. The number of nitrogens with zero attached hydrogens (tertiary/aromatic N) is 2. The molecular formula is C12H19N3S. The summed E-state index contributed by atoms with van der Waals surface area (Å²) in [5.74, 6) is 0. The van der Waals surface area contributed by atoms with E-state index in [1.807, 2.05) is 12.1 Å². The largest absolute Gasteiger partial charge is 0.388 e. The van der Waals surface area contributed by atoms with Crippen LogP contribution in [0, 0.1) is 0 Å². The number of nitrogens with two attached hydrogens (primary N) is 1. The van der Waals surface area contributed by atoms with Crippen molar-refractivity contribution in [1.29, 1.82) is 0 Å². The molecule has 3 nitrogen and oxygen atoms in total. The maximum atomic E-state index is 5.57. The van der Waals surface area contributed by atoms with E-state index in [1.54, 1.807) is 6.20 Å². The van der Waals surface area contributed by atoms with E-state index >= 15 is 0 Å². The molecule has 0 atom stereocenters. The molecular weight excluding hydrogens is 218 g/mol. The molecule has 88 valence electrons. The van der Waals surface area contributed by atoms with Crippen molar-refractivity contribution < 1.29 is 0 Å². The first kappa shape index (κ1) is 12.9. The predicted octanol–water partition coefficient (Wildman–Crippen LogP) is 2.34. The van der Waals surface area contributed by atoms with Gasteiger partial charge in [-0.1, -0.05) is 19.1 Å². The highest BCUT2D eigenvalue weighted by molar-refractivity contribution is 7.80. The normalized spacial score (nSPS) is 11.2. The van der Waals surface area contributed by atoms with Crippen LogP contribution in [-0.4, -0.2) is 22.6 Å². The van der Waals surface area contributed by atoms with E-state index in [9.17, 15) is 0 Å². The molecule has 0 spiro atoms. The Morgan fingerprint density at radius 2 is 2.19 bits per heavy atom. The zero-order valence-electron chi connectivity index (χ0n) is 10.3. The first-order chi connectivity index (χ1) is 7.38. The minimum Gasteiger partial charge on any atom is -0.388 e. The van der Waals surface area contributed by atoms with Crippen molar-refractivity contribution >= 4 is 22.9 Å². The van der Waals surface area contributed by atoms with Gasteiger partial charge in [-0.2, -0.15) is 0 Å². The van der Waals surface area contributed by atoms with E-state index in [4.69, 9.17) is 18.0 Å². The summed E-state index contributed by atoms with van der Waals surface area (Å²) in [4.78, 5) is 6.69. The molecule has 1 aromatic heterocycles. The zero-order chi connectivity index (χ0) is 12.3. The van der Waals surface area contributed by atoms with E-state index in [-0.39, 0.29) is 5.54 Å². The van der Waals surface area contributed by atoms with Gasteiger partial charge in [0.15, 0.2) is 0 Å². The Kier molecular flexibility index (Phi) is 3.86. The molecule has 1 rings (SSSR count). The molecule has 0 saturated heterocycles. The van der Waals surface area contributed by atoms with Gasteiger partial charge in [0.1, 0.15) is 4.99 Å². The average molecular weight is 237 g/mol. The molecule has 0 aliphatic carbocycles. The van der Waals surface area contributed by atoms with Crippen LogP contribution in [0.25, 0.3) is 0 Å². The number of rotatable bonds is 4. The molecule has 16 heavy (non-hydrogen) atoms. The number of anilines is 1. The van der Waals surface area contributed by atoms with Gasteiger partial charge in [-0.05, 0) is 32.4 Å². The molecule has 0 bridgehead atoms. The van der Waals surface area contributed by atoms with Gasteiger partial charge in [0, 0.05) is 24.5 Å². The molecule has 0 unspecified atom stereocenters. The minimum absolute atomic E-state index is 0.106. The van der Waals surface area contributed by atoms with Gasteiger partial charge in [0.25, 0.3) is 0 Å². The van der Waals surface area contributed by atoms with Crippen LogP contribution >= 0.6 is 12.2 Å². The average Bonchev–Trinajstić information content (AvgIpc) is 2.28. The summed E-state index contributed by atoms with van der Waals surface area (Å²) < 4.78 is 0. The van der Waals surface area contributed by atoms with Crippen molar-refractivity contribution in [3.05, 3.63) is 24.0 Å². The van der Waals surface area contributed by atoms with Crippen LogP contribution in [0.3, 0.4) is 0 Å². The summed E-state index contributed by atoms with van der Waals surface area (Å²) in [7, 11) is 2.07. The van der Waals surface area contributed by atoms with Crippen molar-refractivity contribution in [1.82, 2.24) is 4.98 Å². The Hall–Kier alpha value is -1.16. The lowest BCUT2D eigenvalue weighted by Crippen LogP contribution is -2.40. The number of hydrogen-bond donors (Lipinski definition) is 1. The monoisotopic (exact) mass is 237 g/mol. The van der Waals surface area contributed by atoms with Crippen LogP contribution in [-0.2, 0) is 0 Å². The van der Waals surface area contributed by atoms with Gasteiger partial charge in [-0.3, -0.25) is 4.98 Å². The van der Waals surface area contributed by atoms with Crippen LogP contribution in [0.2, 0.25) is 0 Å². The highest BCUT2D eigenvalue weighted by atomic mass is 32.1. The number of pyridine rings is 1. The van der Waals surface area contributed by atoms with Crippen LogP contribution in [0.1, 0.15) is 32.9 Å². The molecule has 0 aliphatic heterocycles. The van der Waals surface area contributed by atoms with Crippen LogP contribution in [0.4, 0.5) is 5.69 Å². The van der Waals surface area contributed by atoms with E-state index in [2.05, 4.69) is 37.7 Å². The molecule has 0 amide bonds. The Morgan fingerprint density at radius 1 is 1.56 bits per heavy atom. The molecule has 0 aliphatic rings. The van der Waals surface area contributed by atoms with Gasteiger partial charge in [0.05, 0.1) is 5.69 Å². The lowest BCUT2D eigenvalue weighted by molar-refractivity contribution is 0.470. The van der Waals surface area contributed by atoms with E-state index in [1.165, 1.54) is 0 Å². The molecule has 0 saturated carbocycles. The number of thiocarbonyl (C=S) groups is 1. The smallest absolute Gasteiger partial charge is 0.122 e. The zero-order valence-corrected chi connectivity index (χ0v) is 11.1. The van der Waals surface area contributed by atoms with Crippen molar-refractivity contribution in [3.8, 4) is 0 Å². The summed E-state index contributed by atoms with van der Waals surface area (Å²) in [6, 6.07) is 3.90. The molecule has 0 radical (unpaired) electrons. The number of hydrogen-bond acceptors (Lipinski definition) is 3. The van der Waals surface area contributed by atoms with Crippen molar-refractivity contribution in [3.63, 3.8) is 0 Å². The molecule has 1 aromatic rings. The SMILES string of the molecule is CCC(C)(C)N(C)c1ccnc(C(N)=S)c1. The van der Waals surface area contributed by atoms with Crippen molar-refractivity contribution in [2.45, 2.75) is 32.7 Å². The molecule has 2 N–H and O–H groups in total. The van der Waals surface area contributed by atoms with Gasteiger partial charge in [0.2, 0.25) is 0 Å². The van der Waals surface area contributed by atoms with Gasteiger partial charge in [-0.15, -0.1) is 0 Å². The quantitative estimate of drug-likeness (QED) is 0.816. The van der Waals surface area contributed by atoms with Crippen molar-refractivity contribution in [2.75, 3.05) is 11.9 Å². The van der Waals surface area contributed by atoms with Crippen LogP contribution in [0.15, 0.2) is 18.3 Å². The summed E-state index contributed by atoms with van der Waals surface area (Å²) in [5.41, 5.74) is 7.44. The Bertz CT molecular complexity index is 388. The number of aromatic nitrogens is 1. The van der Waals surface area contributed by atoms with E-state index in [0.29, 0.717) is 10.7 Å². The summed E-state index contributed by atoms with van der Waals surface area (Å²) in [6.07, 6.45) is 2.81. The Labute approximate surface area is 103 Å². The summed E-state index contributed by atoms with van der Waals surface area (Å²) in [6.45, 7) is 6.58. The Morgan fingerprint density at radius 3 is 2.69 bits per heavy atom. The van der Waals surface area contributed by atoms with Gasteiger partial charge in [-0.25, -0.2) is 0 Å². The fraction of sp³-hybridized carbons (Fsp3) is 0.500. The predicted molar refractivity (Wildman–Crippen MR) is 72.9 cm³/mol. The second-order valence-corrected chi connectivity index (χ2v) is 4.93. The molecule has 0 aromatic carbocycles. The first-order valence-electron chi connectivity index (χ1n) is 5.38. The first-order valence-corrected chi connectivity index (χ1v) is 5.79.